The zero-order chi connectivity index (χ0) is 14.5. The number of alkyl halides is 1. The summed E-state index contributed by atoms with van der Waals surface area (Å²) in [6, 6.07) is 10.2. The number of carbonyl (C=O) groups is 1. The van der Waals surface area contributed by atoms with Crippen molar-refractivity contribution in [2.75, 3.05) is 5.32 Å². The molecule has 1 aromatic heterocycles. The molecule has 20 heavy (non-hydrogen) atoms. The lowest BCUT2D eigenvalue weighted by molar-refractivity contribution is -0.115. The average molecular weight is 292 g/mol. The number of nitrogens with one attached hydrogen (secondary N) is 2. The van der Waals surface area contributed by atoms with Gasteiger partial charge in [0.1, 0.15) is 5.38 Å². The quantitative estimate of drug-likeness (QED) is 0.849. The van der Waals surface area contributed by atoms with Gasteiger partial charge in [0.2, 0.25) is 5.91 Å². The minimum atomic E-state index is -0.532. The number of rotatable bonds is 4. The Morgan fingerprint density at radius 1 is 1.30 bits per heavy atom. The normalized spacial score (nSPS) is 11.9. The van der Waals surface area contributed by atoms with Crippen LogP contribution in [-0.4, -0.2) is 21.5 Å². The van der Waals surface area contributed by atoms with Crippen molar-refractivity contribution in [2.45, 2.75) is 18.7 Å². The topological polar surface area (TPSA) is 74.8 Å². The lowest BCUT2D eigenvalue weighted by atomic mass is 10.1. The molecule has 104 valence electrons. The number of aromatic nitrogens is 2. The molecular weight excluding hydrogens is 278 g/mol. The van der Waals surface area contributed by atoms with E-state index in [1.165, 1.54) is 6.07 Å². The minimum Gasteiger partial charge on any atom is -0.325 e. The van der Waals surface area contributed by atoms with Crippen molar-refractivity contribution in [2.24, 2.45) is 0 Å². The molecule has 2 N–H and O–H groups in total. The maximum absolute atomic E-state index is 11.6. The molecule has 1 heterocycles. The van der Waals surface area contributed by atoms with E-state index in [4.69, 9.17) is 11.6 Å². The molecule has 0 spiro atoms. The van der Waals surface area contributed by atoms with E-state index in [1.54, 1.807) is 18.2 Å². The van der Waals surface area contributed by atoms with Crippen molar-refractivity contribution in [1.82, 2.24) is 10.2 Å². The van der Waals surface area contributed by atoms with Crippen LogP contribution in [-0.2, 0) is 4.79 Å². The van der Waals surface area contributed by atoms with Crippen LogP contribution in [0.1, 0.15) is 13.3 Å². The molecule has 0 bridgehead atoms. The van der Waals surface area contributed by atoms with Gasteiger partial charge in [-0.2, -0.15) is 5.10 Å². The Kier molecular flexibility index (Phi) is 4.53. The van der Waals surface area contributed by atoms with Crippen molar-refractivity contribution < 1.29 is 4.79 Å². The monoisotopic (exact) mass is 291 g/mol. The van der Waals surface area contributed by atoms with Gasteiger partial charge in [-0.25, -0.2) is 5.10 Å². The predicted octanol–water partition coefficient (Wildman–Crippen LogP) is 2.39. The summed E-state index contributed by atoms with van der Waals surface area (Å²) in [7, 11) is 0. The summed E-state index contributed by atoms with van der Waals surface area (Å²) in [5.41, 5.74) is 1.93. The average Bonchev–Trinajstić information content (AvgIpc) is 2.48. The second-order valence-electron chi connectivity index (χ2n) is 4.25. The van der Waals surface area contributed by atoms with Crippen LogP contribution in [0.5, 0.6) is 0 Å². The first kappa shape index (κ1) is 14.3. The van der Waals surface area contributed by atoms with Gasteiger partial charge in [-0.1, -0.05) is 19.1 Å². The third-order valence-corrected chi connectivity index (χ3v) is 3.28. The van der Waals surface area contributed by atoms with Gasteiger partial charge < -0.3 is 5.32 Å². The van der Waals surface area contributed by atoms with E-state index in [-0.39, 0.29) is 11.5 Å². The minimum absolute atomic E-state index is 0.218. The van der Waals surface area contributed by atoms with Gasteiger partial charge >= 0.3 is 0 Å². The number of anilines is 1. The SMILES string of the molecule is CCC(Cl)C(=O)Nc1ccc(-c2ccc(=O)[nH]n2)cc1. The number of hydrogen-bond acceptors (Lipinski definition) is 3. The van der Waals surface area contributed by atoms with Crippen LogP contribution in [0.2, 0.25) is 0 Å². The van der Waals surface area contributed by atoms with E-state index < -0.39 is 5.38 Å². The van der Waals surface area contributed by atoms with Crippen molar-refractivity contribution in [1.29, 1.82) is 0 Å². The molecule has 1 amide bonds. The molecule has 0 aliphatic rings. The molecule has 0 saturated carbocycles. The Morgan fingerprint density at radius 2 is 2.00 bits per heavy atom. The summed E-state index contributed by atoms with van der Waals surface area (Å²) in [6.45, 7) is 1.85. The van der Waals surface area contributed by atoms with Crippen LogP contribution < -0.4 is 10.9 Å². The highest BCUT2D eigenvalue weighted by Crippen LogP contribution is 2.18. The molecule has 6 heteroatoms. The van der Waals surface area contributed by atoms with Crippen LogP contribution in [0.4, 0.5) is 5.69 Å². The number of nitrogens with zero attached hydrogens (tertiary/aromatic N) is 1. The summed E-state index contributed by atoms with van der Waals surface area (Å²) in [4.78, 5) is 22.6. The van der Waals surface area contributed by atoms with Crippen molar-refractivity contribution in [3.05, 3.63) is 46.8 Å². The number of amides is 1. The van der Waals surface area contributed by atoms with Crippen LogP contribution in [0, 0.1) is 0 Å². The highest BCUT2D eigenvalue weighted by atomic mass is 35.5. The predicted molar refractivity (Wildman–Crippen MR) is 78.9 cm³/mol. The molecule has 1 unspecified atom stereocenters. The maximum Gasteiger partial charge on any atom is 0.264 e. The van der Waals surface area contributed by atoms with Crippen molar-refractivity contribution in [3.63, 3.8) is 0 Å². The number of benzene rings is 1. The second kappa shape index (κ2) is 6.34. The molecule has 0 aliphatic carbocycles. The molecule has 5 nitrogen and oxygen atoms in total. The van der Waals surface area contributed by atoms with E-state index in [0.29, 0.717) is 17.8 Å². The second-order valence-corrected chi connectivity index (χ2v) is 4.78. The Hall–Kier alpha value is -2.14. The summed E-state index contributed by atoms with van der Waals surface area (Å²) in [6.07, 6.45) is 0.576. The highest BCUT2D eigenvalue weighted by Gasteiger charge is 2.12. The Balaban J connectivity index is 2.12. The Labute approximate surface area is 121 Å². The number of carbonyl (C=O) groups excluding carboxylic acids is 1. The highest BCUT2D eigenvalue weighted by molar-refractivity contribution is 6.32. The maximum atomic E-state index is 11.6. The summed E-state index contributed by atoms with van der Waals surface area (Å²) in [5.74, 6) is -0.218. The first-order valence-electron chi connectivity index (χ1n) is 6.21. The number of aromatic amines is 1. The third-order valence-electron chi connectivity index (χ3n) is 2.77. The standard InChI is InChI=1S/C14H14ClN3O2/c1-2-11(15)14(20)16-10-5-3-9(4-6-10)12-7-8-13(19)18-17-12/h3-8,11H,2H2,1H3,(H,16,20)(H,18,19). The molecule has 1 aromatic carbocycles. The van der Waals surface area contributed by atoms with Gasteiger partial charge in [0.15, 0.2) is 0 Å². The van der Waals surface area contributed by atoms with E-state index in [1.807, 2.05) is 19.1 Å². The van der Waals surface area contributed by atoms with Gasteiger partial charge in [0.05, 0.1) is 5.69 Å². The first-order chi connectivity index (χ1) is 9.60. The Morgan fingerprint density at radius 3 is 2.55 bits per heavy atom. The Bertz CT molecular complexity index is 632. The largest absolute Gasteiger partial charge is 0.325 e. The smallest absolute Gasteiger partial charge is 0.264 e. The van der Waals surface area contributed by atoms with Gasteiger partial charge in [-0.3, -0.25) is 9.59 Å². The van der Waals surface area contributed by atoms with Crippen molar-refractivity contribution >= 4 is 23.2 Å². The van der Waals surface area contributed by atoms with Gasteiger partial charge in [-0.05, 0) is 24.6 Å². The molecule has 2 aromatic rings. The van der Waals surface area contributed by atoms with Crippen LogP contribution in [0.3, 0.4) is 0 Å². The fourth-order valence-corrected chi connectivity index (χ4v) is 1.69. The molecule has 1 atom stereocenters. The van der Waals surface area contributed by atoms with Gasteiger partial charge in [-0.15, -0.1) is 11.6 Å². The molecule has 2 rings (SSSR count). The fourth-order valence-electron chi connectivity index (χ4n) is 1.64. The molecular formula is C14H14ClN3O2. The zero-order valence-corrected chi connectivity index (χ0v) is 11.6. The number of hydrogen-bond donors (Lipinski definition) is 2. The van der Waals surface area contributed by atoms with E-state index in [2.05, 4.69) is 15.5 Å². The molecule has 0 radical (unpaired) electrons. The number of halogens is 1. The van der Waals surface area contributed by atoms with E-state index in [9.17, 15) is 9.59 Å². The van der Waals surface area contributed by atoms with Crippen LogP contribution in [0.15, 0.2) is 41.2 Å². The molecule has 0 saturated heterocycles. The lowest BCUT2D eigenvalue weighted by Gasteiger charge is -2.09. The summed E-state index contributed by atoms with van der Waals surface area (Å²) < 4.78 is 0. The van der Waals surface area contributed by atoms with E-state index >= 15 is 0 Å². The van der Waals surface area contributed by atoms with Crippen LogP contribution in [0.25, 0.3) is 11.3 Å². The fraction of sp³-hybridized carbons (Fsp3) is 0.214. The molecule has 0 aliphatic heterocycles. The van der Waals surface area contributed by atoms with Gasteiger partial charge in [0, 0.05) is 17.3 Å². The van der Waals surface area contributed by atoms with Crippen molar-refractivity contribution in [3.8, 4) is 11.3 Å². The van der Waals surface area contributed by atoms with E-state index in [0.717, 1.165) is 5.56 Å². The first-order valence-corrected chi connectivity index (χ1v) is 6.65. The summed E-state index contributed by atoms with van der Waals surface area (Å²) >= 11 is 5.85. The van der Waals surface area contributed by atoms with Gasteiger partial charge in [0.25, 0.3) is 5.56 Å². The van der Waals surface area contributed by atoms with Crippen LogP contribution >= 0.6 is 11.6 Å². The summed E-state index contributed by atoms with van der Waals surface area (Å²) in [5, 5.41) is 8.51. The molecule has 0 fully saturated rings. The lowest BCUT2D eigenvalue weighted by Crippen LogP contribution is -2.22. The third kappa shape index (κ3) is 3.45. The number of H-pyrrole nitrogens is 1. The zero-order valence-electron chi connectivity index (χ0n) is 10.9.